The van der Waals surface area contributed by atoms with E-state index in [0.717, 1.165) is 37.4 Å². The monoisotopic (exact) mass is 313 g/mol. The molecule has 1 fully saturated rings. The summed E-state index contributed by atoms with van der Waals surface area (Å²) in [6, 6.07) is 1.77. The summed E-state index contributed by atoms with van der Waals surface area (Å²) in [4.78, 5) is 0.382. The van der Waals surface area contributed by atoms with E-state index in [1.54, 1.807) is 12.3 Å². The van der Waals surface area contributed by atoms with Crippen molar-refractivity contribution >= 4 is 10.0 Å². The molecule has 1 aromatic heterocycles. The van der Waals surface area contributed by atoms with Crippen molar-refractivity contribution in [1.29, 1.82) is 0 Å². The minimum absolute atomic E-state index is 0.382. The molecule has 0 aliphatic heterocycles. The molecule has 1 saturated carbocycles. The molecule has 0 aromatic carbocycles. The predicted molar refractivity (Wildman–Crippen MR) is 84.6 cm³/mol. The van der Waals surface area contributed by atoms with Crippen LogP contribution in [-0.2, 0) is 23.1 Å². The second-order valence-corrected chi connectivity index (χ2v) is 7.64. The zero-order valence-corrected chi connectivity index (χ0v) is 13.9. The van der Waals surface area contributed by atoms with Gasteiger partial charge in [-0.1, -0.05) is 19.8 Å². The molecule has 1 heterocycles. The molecule has 120 valence electrons. The zero-order chi connectivity index (χ0) is 15.3. The van der Waals surface area contributed by atoms with Gasteiger partial charge in [0.25, 0.3) is 0 Å². The minimum Gasteiger partial charge on any atom is -0.349 e. The lowest BCUT2D eigenvalue weighted by Gasteiger charge is -2.06. The Bertz CT molecular complexity index is 524. The van der Waals surface area contributed by atoms with E-state index in [-0.39, 0.29) is 0 Å². The Balaban J connectivity index is 1.98. The highest BCUT2D eigenvalue weighted by molar-refractivity contribution is 7.89. The number of nitrogens with zero attached hydrogens (tertiary/aromatic N) is 1. The predicted octanol–water partition coefficient (Wildman–Crippen LogP) is 2.09. The van der Waals surface area contributed by atoms with Gasteiger partial charge in [-0.15, -0.1) is 0 Å². The van der Waals surface area contributed by atoms with Crippen LogP contribution >= 0.6 is 0 Å². The molecular formula is C15H27N3O2S. The van der Waals surface area contributed by atoms with Gasteiger partial charge in [0.05, 0.1) is 4.90 Å². The maximum atomic E-state index is 12.3. The molecule has 1 aromatic rings. The Hall–Kier alpha value is -0.850. The van der Waals surface area contributed by atoms with Gasteiger partial charge in [-0.05, 0) is 38.3 Å². The van der Waals surface area contributed by atoms with Crippen molar-refractivity contribution < 1.29 is 8.42 Å². The summed E-state index contributed by atoms with van der Waals surface area (Å²) in [7, 11) is -1.51. The SMILES string of the molecule is CCCn1cc(S(=O)(=O)NCCCC2CC2)cc1CNC. The third kappa shape index (κ3) is 4.83. The summed E-state index contributed by atoms with van der Waals surface area (Å²) in [5.41, 5.74) is 1.01. The van der Waals surface area contributed by atoms with Crippen LogP contribution in [0.2, 0.25) is 0 Å². The van der Waals surface area contributed by atoms with Crippen LogP contribution in [0.5, 0.6) is 0 Å². The van der Waals surface area contributed by atoms with Gasteiger partial charge in [0, 0.05) is 31.5 Å². The molecule has 1 aliphatic carbocycles. The van der Waals surface area contributed by atoms with Crippen molar-refractivity contribution in [2.24, 2.45) is 5.92 Å². The van der Waals surface area contributed by atoms with Crippen LogP contribution in [0.4, 0.5) is 0 Å². The van der Waals surface area contributed by atoms with Gasteiger partial charge in [0.2, 0.25) is 10.0 Å². The van der Waals surface area contributed by atoms with E-state index < -0.39 is 10.0 Å². The lowest BCUT2D eigenvalue weighted by molar-refractivity contribution is 0.571. The second kappa shape index (κ2) is 7.42. The third-order valence-electron chi connectivity index (χ3n) is 3.87. The number of aryl methyl sites for hydroxylation is 1. The second-order valence-electron chi connectivity index (χ2n) is 5.87. The van der Waals surface area contributed by atoms with Crippen LogP contribution in [0.25, 0.3) is 0 Å². The molecule has 0 bridgehead atoms. The highest BCUT2D eigenvalue weighted by atomic mass is 32.2. The average Bonchev–Trinajstić information content (AvgIpc) is 3.18. The van der Waals surface area contributed by atoms with Crippen molar-refractivity contribution in [3.63, 3.8) is 0 Å². The molecule has 2 rings (SSSR count). The molecule has 21 heavy (non-hydrogen) atoms. The van der Waals surface area contributed by atoms with Crippen molar-refractivity contribution in [2.75, 3.05) is 13.6 Å². The van der Waals surface area contributed by atoms with Gasteiger partial charge in [-0.2, -0.15) is 0 Å². The topological polar surface area (TPSA) is 63.1 Å². The van der Waals surface area contributed by atoms with Gasteiger partial charge in [-0.3, -0.25) is 0 Å². The maximum absolute atomic E-state index is 12.3. The van der Waals surface area contributed by atoms with Crippen molar-refractivity contribution in [3.05, 3.63) is 18.0 Å². The number of nitrogens with one attached hydrogen (secondary N) is 2. The number of rotatable bonds is 10. The normalized spacial score (nSPS) is 15.5. The lowest BCUT2D eigenvalue weighted by Crippen LogP contribution is -2.24. The molecular weight excluding hydrogens is 286 g/mol. The molecule has 0 atom stereocenters. The van der Waals surface area contributed by atoms with Crippen molar-refractivity contribution in [3.8, 4) is 0 Å². The van der Waals surface area contributed by atoms with E-state index in [2.05, 4.69) is 17.0 Å². The quantitative estimate of drug-likeness (QED) is 0.650. The summed E-state index contributed by atoms with van der Waals surface area (Å²) in [5.74, 6) is 0.849. The minimum atomic E-state index is -3.37. The van der Waals surface area contributed by atoms with Gasteiger partial charge >= 0.3 is 0 Å². The molecule has 0 spiro atoms. The fourth-order valence-electron chi connectivity index (χ4n) is 2.54. The molecule has 5 nitrogen and oxygen atoms in total. The Morgan fingerprint density at radius 1 is 1.38 bits per heavy atom. The first kappa shape index (κ1) is 16.5. The van der Waals surface area contributed by atoms with Gasteiger partial charge in [0.1, 0.15) is 0 Å². The van der Waals surface area contributed by atoms with Gasteiger partial charge in [0.15, 0.2) is 0 Å². The highest BCUT2D eigenvalue weighted by Crippen LogP contribution is 2.33. The van der Waals surface area contributed by atoms with E-state index in [1.165, 1.54) is 12.8 Å². The molecule has 6 heteroatoms. The van der Waals surface area contributed by atoms with Crippen LogP contribution in [0.15, 0.2) is 17.2 Å². The van der Waals surface area contributed by atoms with Crippen LogP contribution < -0.4 is 10.0 Å². The van der Waals surface area contributed by atoms with E-state index in [1.807, 2.05) is 11.6 Å². The first-order valence-corrected chi connectivity index (χ1v) is 9.38. The summed E-state index contributed by atoms with van der Waals surface area (Å²) in [5, 5.41) is 3.08. The standard InChI is InChI=1S/C15H27N3O2S/c1-3-9-18-12-15(10-14(18)11-16-2)21(19,20)17-8-4-5-13-6-7-13/h10,12-13,16-17H,3-9,11H2,1-2H3. The van der Waals surface area contributed by atoms with Crippen LogP contribution in [-0.4, -0.2) is 26.6 Å². The first-order chi connectivity index (χ1) is 10.1. The smallest absolute Gasteiger partial charge is 0.242 e. The molecule has 0 radical (unpaired) electrons. The highest BCUT2D eigenvalue weighted by Gasteiger charge is 2.21. The van der Waals surface area contributed by atoms with E-state index in [0.29, 0.717) is 18.0 Å². The fraction of sp³-hybridized carbons (Fsp3) is 0.733. The number of hydrogen-bond donors (Lipinski definition) is 2. The third-order valence-corrected chi connectivity index (χ3v) is 5.30. The summed E-state index contributed by atoms with van der Waals surface area (Å²) in [6.07, 6.45) is 7.45. The van der Waals surface area contributed by atoms with Gasteiger partial charge < -0.3 is 9.88 Å². The molecule has 1 aliphatic rings. The maximum Gasteiger partial charge on any atom is 0.242 e. The number of sulfonamides is 1. The Morgan fingerprint density at radius 3 is 2.76 bits per heavy atom. The molecule has 0 amide bonds. The van der Waals surface area contributed by atoms with Crippen LogP contribution in [0, 0.1) is 5.92 Å². The average molecular weight is 313 g/mol. The van der Waals surface area contributed by atoms with Crippen LogP contribution in [0.1, 0.15) is 44.7 Å². The Labute approximate surface area is 128 Å². The Kier molecular flexibility index (Phi) is 5.84. The summed E-state index contributed by atoms with van der Waals surface area (Å²) < 4.78 is 29.4. The van der Waals surface area contributed by atoms with E-state index >= 15 is 0 Å². The number of aromatic nitrogens is 1. The van der Waals surface area contributed by atoms with Crippen molar-refractivity contribution in [2.45, 2.75) is 57.0 Å². The van der Waals surface area contributed by atoms with E-state index in [9.17, 15) is 8.42 Å². The summed E-state index contributed by atoms with van der Waals surface area (Å²) >= 11 is 0. The molecule has 2 N–H and O–H groups in total. The summed E-state index contributed by atoms with van der Waals surface area (Å²) in [6.45, 7) is 4.15. The Morgan fingerprint density at radius 2 is 2.14 bits per heavy atom. The van der Waals surface area contributed by atoms with Crippen LogP contribution in [0.3, 0.4) is 0 Å². The van der Waals surface area contributed by atoms with Gasteiger partial charge in [-0.25, -0.2) is 13.1 Å². The largest absolute Gasteiger partial charge is 0.349 e. The molecule has 0 unspecified atom stereocenters. The van der Waals surface area contributed by atoms with Crippen molar-refractivity contribution in [1.82, 2.24) is 14.6 Å². The lowest BCUT2D eigenvalue weighted by atomic mass is 10.2. The fourth-order valence-corrected chi connectivity index (χ4v) is 3.67. The zero-order valence-electron chi connectivity index (χ0n) is 13.1. The number of hydrogen-bond acceptors (Lipinski definition) is 3. The molecule has 0 saturated heterocycles. The first-order valence-electron chi connectivity index (χ1n) is 7.90. The van der Waals surface area contributed by atoms with E-state index in [4.69, 9.17) is 0 Å².